The molecular formula is C27H25N3O3. The van der Waals surface area contributed by atoms with Crippen molar-refractivity contribution in [2.45, 2.75) is 25.3 Å². The lowest BCUT2D eigenvalue weighted by molar-refractivity contribution is -0.134. The Bertz CT molecular complexity index is 1280. The lowest BCUT2D eigenvalue weighted by Gasteiger charge is -2.29. The van der Waals surface area contributed by atoms with Gasteiger partial charge in [0.25, 0.3) is 5.97 Å². The lowest BCUT2D eigenvalue weighted by atomic mass is 9.78. The number of nitriles is 1. The van der Waals surface area contributed by atoms with E-state index >= 15 is 0 Å². The van der Waals surface area contributed by atoms with Crippen LogP contribution in [0.1, 0.15) is 42.0 Å². The first-order valence-electron chi connectivity index (χ1n) is 10.7. The summed E-state index contributed by atoms with van der Waals surface area (Å²) in [5, 5.41) is 17.0. The molecule has 6 nitrogen and oxygen atoms in total. The molecule has 1 unspecified atom stereocenters. The molecule has 3 aromatic rings. The molecule has 1 aliphatic heterocycles. The van der Waals surface area contributed by atoms with Crippen molar-refractivity contribution in [3.63, 3.8) is 0 Å². The Morgan fingerprint density at radius 2 is 1.85 bits per heavy atom. The molecule has 0 amide bonds. The van der Waals surface area contributed by atoms with Gasteiger partial charge in [-0.05, 0) is 59.7 Å². The summed E-state index contributed by atoms with van der Waals surface area (Å²) in [6.07, 6.45) is 2.27. The third-order valence-electron chi connectivity index (χ3n) is 6.04. The number of carboxylic acid groups (broad SMARTS) is 1. The van der Waals surface area contributed by atoms with Gasteiger partial charge in [0.15, 0.2) is 0 Å². The maximum Gasteiger partial charge on any atom is 0.300 e. The molecule has 166 valence electrons. The molecule has 2 aliphatic rings. The standard InChI is InChI=1S/C25H21N3O.C2H4O2/c1-29-20-12-9-17(15-26)22(14-20)16-5-4-6-19(13-16)25(18-10-11-18)23-8-3-2-7-21(23)24(27)28-25;1-2(3)4/h2-9,12-14,18H,10-11H2,1H3,(H2,27,28);1H3,(H,3,4). The third kappa shape index (κ3) is 4.06. The highest BCUT2D eigenvalue weighted by Gasteiger charge is 2.51. The lowest BCUT2D eigenvalue weighted by Crippen LogP contribution is -2.26. The van der Waals surface area contributed by atoms with E-state index in [-0.39, 0.29) is 0 Å². The summed E-state index contributed by atoms with van der Waals surface area (Å²) >= 11 is 0. The zero-order valence-electron chi connectivity index (χ0n) is 18.6. The Labute approximate surface area is 193 Å². The third-order valence-corrected chi connectivity index (χ3v) is 6.04. The molecule has 0 bridgehead atoms. The van der Waals surface area contributed by atoms with Crippen LogP contribution in [0.5, 0.6) is 5.75 Å². The fourth-order valence-corrected chi connectivity index (χ4v) is 4.53. The number of fused-ring (bicyclic) bond motifs is 1. The SMILES string of the molecule is CC(=O)O.COc1ccc(C#N)c(-c2cccc(C3(C4CC4)N=C(N)c4ccccc43)c2)c1. The van der Waals surface area contributed by atoms with Gasteiger partial charge in [0, 0.05) is 18.1 Å². The van der Waals surface area contributed by atoms with E-state index in [1.165, 1.54) is 5.56 Å². The number of methoxy groups -OCH3 is 1. The van der Waals surface area contributed by atoms with Gasteiger partial charge in [-0.1, -0.05) is 42.5 Å². The van der Waals surface area contributed by atoms with Gasteiger partial charge in [0.1, 0.15) is 17.1 Å². The van der Waals surface area contributed by atoms with Gasteiger partial charge in [-0.15, -0.1) is 0 Å². The van der Waals surface area contributed by atoms with Crippen LogP contribution in [0.15, 0.2) is 71.7 Å². The molecule has 3 N–H and O–H groups in total. The van der Waals surface area contributed by atoms with Crippen LogP contribution in [-0.2, 0) is 10.3 Å². The minimum atomic E-state index is -0.833. The summed E-state index contributed by atoms with van der Waals surface area (Å²) in [5.74, 6) is 0.951. The molecular weight excluding hydrogens is 414 g/mol. The molecule has 6 heteroatoms. The number of hydrogen-bond acceptors (Lipinski definition) is 5. The topological polar surface area (TPSA) is 109 Å². The van der Waals surface area contributed by atoms with Gasteiger partial charge in [-0.2, -0.15) is 5.26 Å². The van der Waals surface area contributed by atoms with Crippen molar-refractivity contribution in [1.82, 2.24) is 0 Å². The number of rotatable bonds is 4. The van der Waals surface area contributed by atoms with E-state index in [0.717, 1.165) is 47.8 Å². The van der Waals surface area contributed by atoms with Crippen molar-refractivity contribution in [3.8, 4) is 22.9 Å². The van der Waals surface area contributed by atoms with Crippen LogP contribution >= 0.6 is 0 Å². The molecule has 1 saturated carbocycles. The van der Waals surface area contributed by atoms with E-state index in [4.69, 9.17) is 25.4 Å². The maximum absolute atomic E-state index is 9.61. The largest absolute Gasteiger partial charge is 0.497 e. The fraction of sp³-hybridized carbons (Fsp3) is 0.222. The molecule has 33 heavy (non-hydrogen) atoms. The van der Waals surface area contributed by atoms with Crippen molar-refractivity contribution in [2.24, 2.45) is 16.6 Å². The van der Waals surface area contributed by atoms with Crippen molar-refractivity contribution >= 4 is 11.8 Å². The van der Waals surface area contributed by atoms with Crippen molar-refractivity contribution in [3.05, 3.63) is 89.0 Å². The summed E-state index contributed by atoms with van der Waals surface area (Å²) < 4.78 is 5.39. The van der Waals surface area contributed by atoms with Gasteiger partial charge in [-0.25, -0.2) is 0 Å². The number of aliphatic imine (C=N–C) groups is 1. The Morgan fingerprint density at radius 3 is 2.52 bits per heavy atom. The second kappa shape index (κ2) is 8.79. The quantitative estimate of drug-likeness (QED) is 0.613. The molecule has 0 radical (unpaired) electrons. The molecule has 5 rings (SSSR count). The predicted octanol–water partition coefficient (Wildman–Crippen LogP) is 4.70. The number of benzene rings is 3. The highest BCUT2D eigenvalue weighted by molar-refractivity contribution is 6.02. The summed E-state index contributed by atoms with van der Waals surface area (Å²) in [5.41, 5.74) is 11.7. The zero-order valence-corrected chi connectivity index (χ0v) is 18.6. The second-order valence-corrected chi connectivity index (χ2v) is 8.21. The average Bonchev–Trinajstić information content (AvgIpc) is 3.63. The monoisotopic (exact) mass is 439 g/mol. The summed E-state index contributed by atoms with van der Waals surface area (Å²) in [6.45, 7) is 1.08. The number of carboxylic acids is 1. The Kier molecular flexibility index (Phi) is 5.89. The Balaban J connectivity index is 0.000000601. The van der Waals surface area contributed by atoms with Gasteiger partial charge in [0.2, 0.25) is 0 Å². The van der Waals surface area contributed by atoms with Crippen LogP contribution in [-0.4, -0.2) is 24.0 Å². The van der Waals surface area contributed by atoms with Crippen LogP contribution in [0.2, 0.25) is 0 Å². The van der Waals surface area contributed by atoms with Crippen LogP contribution in [0.4, 0.5) is 0 Å². The van der Waals surface area contributed by atoms with Crippen LogP contribution in [0, 0.1) is 17.2 Å². The number of ether oxygens (including phenoxy) is 1. The summed E-state index contributed by atoms with van der Waals surface area (Å²) in [6, 6.07) is 24.5. The van der Waals surface area contributed by atoms with Gasteiger partial charge in [0.05, 0.1) is 18.7 Å². The number of hydrogen-bond donors (Lipinski definition) is 2. The Hall–Kier alpha value is -4.11. The van der Waals surface area contributed by atoms with E-state index in [0.29, 0.717) is 17.3 Å². The molecule has 3 aromatic carbocycles. The normalized spacial score (nSPS) is 18.3. The zero-order chi connectivity index (χ0) is 23.6. The summed E-state index contributed by atoms with van der Waals surface area (Å²) in [7, 11) is 1.64. The predicted molar refractivity (Wildman–Crippen MR) is 127 cm³/mol. The van der Waals surface area contributed by atoms with Crippen molar-refractivity contribution in [1.29, 1.82) is 5.26 Å². The first-order chi connectivity index (χ1) is 15.9. The Morgan fingerprint density at radius 1 is 1.12 bits per heavy atom. The fourth-order valence-electron chi connectivity index (χ4n) is 4.53. The van der Waals surface area contributed by atoms with Crippen molar-refractivity contribution in [2.75, 3.05) is 7.11 Å². The average molecular weight is 440 g/mol. The minimum absolute atomic E-state index is 0.442. The molecule has 0 spiro atoms. The molecule has 0 aromatic heterocycles. The van der Waals surface area contributed by atoms with E-state index in [9.17, 15) is 5.26 Å². The number of nitrogens with zero attached hydrogens (tertiary/aromatic N) is 2. The van der Waals surface area contributed by atoms with Crippen LogP contribution in [0.25, 0.3) is 11.1 Å². The molecule has 1 fully saturated rings. The summed E-state index contributed by atoms with van der Waals surface area (Å²) in [4.78, 5) is 14.0. The van der Waals surface area contributed by atoms with Crippen LogP contribution in [0.3, 0.4) is 0 Å². The molecule has 0 saturated heterocycles. The second-order valence-electron chi connectivity index (χ2n) is 8.21. The number of nitrogens with two attached hydrogens (primary N) is 1. The van der Waals surface area contributed by atoms with E-state index in [2.05, 4.69) is 36.4 Å². The van der Waals surface area contributed by atoms with Gasteiger partial charge >= 0.3 is 0 Å². The highest BCUT2D eigenvalue weighted by Crippen LogP contribution is 2.55. The molecule has 1 atom stereocenters. The maximum atomic E-state index is 9.61. The number of amidine groups is 1. The minimum Gasteiger partial charge on any atom is -0.497 e. The van der Waals surface area contributed by atoms with Crippen LogP contribution < -0.4 is 10.5 Å². The van der Waals surface area contributed by atoms with Crippen molar-refractivity contribution < 1.29 is 14.6 Å². The molecule has 1 heterocycles. The number of carbonyl (C=O) groups is 1. The molecule has 1 aliphatic carbocycles. The first kappa shape index (κ1) is 22.1. The van der Waals surface area contributed by atoms with E-state index < -0.39 is 11.5 Å². The smallest absolute Gasteiger partial charge is 0.300 e. The first-order valence-corrected chi connectivity index (χ1v) is 10.7. The van der Waals surface area contributed by atoms with Gasteiger partial charge < -0.3 is 15.6 Å². The highest BCUT2D eigenvalue weighted by atomic mass is 16.5. The van der Waals surface area contributed by atoms with E-state index in [1.807, 2.05) is 30.3 Å². The number of aliphatic carboxylic acids is 1. The van der Waals surface area contributed by atoms with E-state index in [1.54, 1.807) is 13.2 Å². The van der Waals surface area contributed by atoms with Gasteiger partial charge in [-0.3, -0.25) is 9.79 Å².